The average Bonchev–Trinajstić information content (AvgIpc) is 3.31. The summed E-state index contributed by atoms with van der Waals surface area (Å²) in [7, 11) is 0. The molecule has 5 amide bonds. The molecule has 2 aromatic carbocycles. The molecule has 6 rings (SSSR count). The van der Waals surface area contributed by atoms with Crippen molar-refractivity contribution in [2.75, 3.05) is 62.2 Å². The molecule has 0 spiro atoms. The Labute approximate surface area is 400 Å². The van der Waals surface area contributed by atoms with E-state index in [9.17, 15) is 24.0 Å². The van der Waals surface area contributed by atoms with Gasteiger partial charge in [0.2, 0.25) is 11.8 Å². The number of hydrogen-bond donors (Lipinski definition) is 4. The summed E-state index contributed by atoms with van der Waals surface area (Å²) in [6, 6.07) is 24.1. The summed E-state index contributed by atoms with van der Waals surface area (Å²) >= 11 is 0. The molecule has 0 radical (unpaired) electrons. The van der Waals surface area contributed by atoms with E-state index < -0.39 is 23.9 Å². The Hall–Kier alpha value is -6.66. The highest BCUT2D eigenvalue weighted by Gasteiger charge is 2.21. The van der Waals surface area contributed by atoms with Crippen LogP contribution in [0.2, 0.25) is 0 Å². The number of nitrogens with two attached hydrogens (primary N) is 1. The summed E-state index contributed by atoms with van der Waals surface area (Å²) in [5.41, 5.74) is 13.9. The van der Waals surface area contributed by atoms with Gasteiger partial charge >= 0.3 is 18.3 Å². The van der Waals surface area contributed by atoms with Crippen LogP contribution in [-0.2, 0) is 62.7 Å². The second-order valence-electron chi connectivity index (χ2n) is 16.7. The number of ether oxygens (including phenoxy) is 3. The molecule has 2 fully saturated rings. The summed E-state index contributed by atoms with van der Waals surface area (Å²) in [6.07, 6.45) is 5.02. The van der Waals surface area contributed by atoms with Crippen molar-refractivity contribution >= 4 is 53.9 Å². The standard InChI is InChI=1S/C26H35N5O5.C21H27N5O3.CH4.ClH/c1-19(32)30-13-15-31(16-14-30)23-12-11-22(27-17-23)10-9-20-5-7-21(8-6-20)18-35-24(33)28-29-25(34)36-26(2,3)4;1-16(27)25-10-12-26(13-11-25)20-9-8-19(23-14-20)7-6-17-2-4-18(5-3-17)15-29-21(28)24-22;;/h5-8,11-12,17H,9-10,13-16,18H2,1-4H3,(H,28,33)(H,29,34);2-5,8-9,14H,6-7,10-13,15,22H2,1H3,(H,24,28);1H4;1H. The van der Waals surface area contributed by atoms with Gasteiger partial charge in [0.1, 0.15) is 18.8 Å². The molecule has 0 saturated carbocycles. The van der Waals surface area contributed by atoms with Crippen molar-refractivity contribution in [3.05, 3.63) is 119 Å². The molecule has 364 valence electrons. The highest BCUT2D eigenvalue weighted by atomic mass is 35.5. The van der Waals surface area contributed by atoms with Crippen molar-refractivity contribution in [3.63, 3.8) is 0 Å². The van der Waals surface area contributed by atoms with Gasteiger partial charge in [-0.1, -0.05) is 56.0 Å². The first-order valence-corrected chi connectivity index (χ1v) is 21.8. The molecule has 19 heteroatoms. The van der Waals surface area contributed by atoms with Gasteiger partial charge in [0, 0.05) is 77.6 Å². The number of hydrazine groups is 2. The van der Waals surface area contributed by atoms with E-state index in [0.29, 0.717) is 0 Å². The van der Waals surface area contributed by atoms with Gasteiger partial charge in [-0.25, -0.2) is 31.1 Å². The van der Waals surface area contributed by atoms with Gasteiger partial charge in [0.15, 0.2) is 0 Å². The van der Waals surface area contributed by atoms with Crippen LogP contribution in [0.15, 0.2) is 85.2 Å². The van der Waals surface area contributed by atoms with Crippen molar-refractivity contribution in [1.82, 2.24) is 36.0 Å². The molecule has 0 aliphatic carbocycles. The number of carbonyl (C=O) groups excluding carboxylic acids is 5. The fourth-order valence-corrected chi connectivity index (χ4v) is 6.99. The zero-order valence-corrected chi connectivity index (χ0v) is 39.2. The maximum atomic E-state index is 11.7. The van der Waals surface area contributed by atoms with E-state index in [2.05, 4.69) is 54.9 Å². The van der Waals surface area contributed by atoms with Gasteiger partial charge in [0.05, 0.1) is 23.8 Å². The van der Waals surface area contributed by atoms with Crippen molar-refractivity contribution in [3.8, 4) is 0 Å². The Kier molecular flexibility index (Phi) is 22.1. The third-order valence-corrected chi connectivity index (χ3v) is 10.7. The van der Waals surface area contributed by atoms with Crippen LogP contribution in [0.3, 0.4) is 0 Å². The molecular formula is C48H67ClN10O8. The minimum Gasteiger partial charge on any atom is -0.444 e. The first kappa shape index (κ1) is 54.7. The lowest BCUT2D eigenvalue weighted by Gasteiger charge is -2.35. The van der Waals surface area contributed by atoms with E-state index in [1.165, 1.54) is 5.56 Å². The van der Waals surface area contributed by atoms with Crippen LogP contribution in [-0.4, -0.2) is 108 Å². The zero-order chi connectivity index (χ0) is 46.8. The van der Waals surface area contributed by atoms with Crippen molar-refractivity contribution in [2.24, 2.45) is 5.84 Å². The Morgan fingerprint density at radius 2 is 0.925 bits per heavy atom. The summed E-state index contributed by atoms with van der Waals surface area (Å²) in [5.74, 6) is 5.24. The highest BCUT2D eigenvalue weighted by molar-refractivity contribution is 5.85. The number of piperazine rings is 2. The number of benzene rings is 2. The molecule has 5 N–H and O–H groups in total. The molecule has 4 aromatic rings. The third kappa shape index (κ3) is 19.0. The summed E-state index contributed by atoms with van der Waals surface area (Å²) in [4.78, 5) is 74.7. The smallest absolute Gasteiger partial charge is 0.426 e. The number of amides is 5. The fraction of sp³-hybridized carbons (Fsp3) is 0.438. The Morgan fingerprint density at radius 1 is 0.552 bits per heavy atom. The predicted molar refractivity (Wildman–Crippen MR) is 259 cm³/mol. The number of anilines is 2. The van der Waals surface area contributed by atoms with Crippen LogP contribution in [0, 0.1) is 0 Å². The van der Waals surface area contributed by atoms with Gasteiger partial charge in [-0.2, -0.15) is 0 Å². The quantitative estimate of drug-likeness (QED) is 0.0565. The maximum Gasteiger partial charge on any atom is 0.426 e. The maximum absolute atomic E-state index is 11.7. The molecule has 18 nitrogen and oxygen atoms in total. The van der Waals surface area contributed by atoms with Crippen LogP contribution in [0.25, 0.3) is 0 Å². The lowest BCUT2D eigenvalue weighted by Crippen LogP contribution is -2.48. The Balaban J connectivity index is 0.000000352. The average molecular weight is 948 g/mol. The van der Waals surface area contributed by atoms with Gasteiger partial charge in [0.25, 0.3) is 0 Å². The van der Waals surface area contributed by atoms with E-state index in [1.807, 2.05) is 76.2 Å². The topological polar surface area (TPSA) is 214 Å². The summed E-state index contributed by atoms with van der Waals surface area (Å²) < 4.78 is 15.0. The number of rotatable bonds is 12. The third-order valence-electron chi connectivity index (χ3n) is 10.7. The first-order valence-electron chi connectivity index (χ1n) is 21.8. The number of carbonyl (C=O) groups is 5. The molecule has 2 aromatic heterocycles. The number of nitrogens with one attached hydrogen (secondary N) is 3. The van der Waals surface area contributed by atoms with E-state index >= 15 is 0 Å². The highest BCUT2D eigenvalue weighted by Crippen LogP contribution is 2.19. The first-order chi connectivity index (χ1) is 31.1. The predicted octanol–water partition coefficient (Wildman–Crippen LogP) is 5.89. The van der Waals surface area contributed by atoms with Gasteiger partial charge in [-0.05, 0) is 93.0 Å². The summed E-state index contributed by atoms with van der Waals surface area (Å²) in [5, 5.41) is 0. The SMILES string of the molecule is C.CC(=O)N1CCN(c2ccc(CCc3ccc(COC(=O)NN)cc3)nc2)CC1.CC(=O)N1CCN(c2ccc(CCc3ccc(COC(=O)NNC(=O)OC(C)(C)C)cc3)nc2)CC1.Cl. The molecule has 0 unspecified atom stereocenters. The van der Waals surface area contributed by atoms with Gasteiger partial charge < -0.3 is 33.8 Å². The molecular weight excluding hydrogens is 880 g/mol. The number of nitrogens with zero attached hydrogens (tertiary/aromatic N) is 6. The molecule has 2 saturated heterocycles. The van der Waals surface area contributed by atoms with E-state index in [1.54, 1.807) is 34.6 Å². The normalized spacial score (nSPS) is 13.3. The number of pyridine rings is 2. The Bertz CT molecular complexity index is 2160. The van der Waals surface area contributed by atoms with Crippen molar-refractivity contribution in [1.29, 1.82) is 0 Å². The molecule has 4 heterocycles. The number of hydrogen-bond acceptors (Lipinski definition) is 13. The molecule has 2 aliphatic rings. The molecule has 0 bridgehead atoms. The van der Waals surface area contributed by atoms with Crippen LogP contribution in [0.4, 0.5) is 25.8 Å². The Morgan fingerprint density at radius 3 is 1.27 bits per heavy atom. The van der Waals surface area contributed by atoms with Gasteiger partial charge in [-0.3, -0.25) is 25.0 Å². The largest absolute Gasteiger partial charge is 0.444 e. The molecule has 2 aliphatic heterocycles. The number of halogens is 1. The lowest BCUT2D eigenvalue weighted by molar-refractivity contribution is -0.129. The van der Waals surface area contributed by atoms with E-state index in [4.69, 9.17) is 20.1 Å². The van der Waals surface area contributed by atoms with E-state index in [-0.39, 0.29) is 44.9 Å². The van der Waals surface area contributed by atoms with Crippen LogP contribution >= 0.6 is 12.4 Å². The second kappa shape index (κ2) is 27.1. The minimum absolute atomic E-state index is 0. The van der Waals surface area contributed by atoms with E-state index in [0.717, 1.165) is 117 Å². The monoisotopic (exact) mass is 946 g/mol. The molecule has 0 atom stereocenters. The molecule has 67 heavy (non-hydrogen) atoms. The van der Waals surface area contributed by atoms with Crippen LogP contribution in [0.5, 0.6) is 0 Å². The number of aromatic nitrogens is 2. The summed E-state index contributed by atoms with van der Waals surface area (Å²) in [6.45, 7) is 15.0. The van der Waals surface area contributed by atoms with Crippen molar-refractivity contribution in [2.45, 2.75) is 86.5 Å². The van der Waals surface area contributed by atoms with Crippen LogP contribution < -0.4 is 31.9 Å². The number of aryl methyl sites for hydroxylation is 4. The lowest BCUT2D eigenvalue weighted by atomic mass is 10.1. The fourth-order valence-electron chi connectivity index (χ4n) is 6.99. The van der Waals surface area contributed by atoms with Crippen LogP contribution in [0.1, 0.15) is 75.7 Å². The second-order valence-corrected chi connectivity index (χ2v) is 16.7. The van der Waals surface area contributed by atoms with Gasteiger partial charge in [-0.15, -0.1) is 12.4 Å². The van der Waals surface area contributed by atoms with Crippen molar-refractivity contribution < 1.29 is 38.2 Å². The minimum atomic E-state index is -0.778. The zero-order valence-electron chi connectivity index (χ0n) is 38.4.